The molecule has 35 heavy (non-hydrogen) atoms. The van der Waals surface area contributed by atoms with Crippen LogP contribution in [0.5, 0.6) is 0 Å². The molecule has 0 aliphatic carbocycles. The molecule has 6 rings (SSSR count). The van der Waals surface area contributed by atoms with Gasteiger partial charge in [-0.05, 0) is 50.1 Å². The summed E-state index contributed by atoms with van der Waals surface area (Å²) in [4.78, 5) is 43.7. The van der Waals surface area contributed by atoms with Crippen molar-refractivity contribution >= 4 is 34.9 Å². The zero-order valence-corrected chi connectivity index (χ0v) is 19.9. The van der Waals surface area contributed by atoms with E-state index in [1.165, 1.54) is 6.92 Å². The Bertz CT molecular complexity index is 1440. The first-order valence-corrected chi connectivity index (χ1v) is 11.9. The Kier molecular flexibility index (Phi) is 4.62. The van der Waals surface area contributed by atoms with Crippen molar-refractivity contribution < 1.29 is 14.4 Å². The molecule has 0 radical (unpaired) electrons. The lowest BCUT2D eigenvalue weighted by Gasteiger charge is -2.37. The Morgan fingerprint density at radius 1 is 0.943 bits per heavy atom. The van der Waals surface area contributed by atoms with Crippen molar-refractivity contribution in [3.05, 3.63) is 101 Å². The Hall–Kier alpha value is -3.99. The van der Waals surface area contributed by atoms with Crippen molar-refractivity contribution in [1.82, 2.24) is 0 Å². The second-order valence-electron chi connectivity index (χ2n) is 9.91. The number of amides is 1. The number of nitrogens with zero attached hydrogens (tertiary/aromatic N) is 1. The smallest absolute Gasteiger partial charge is 0.238 e. The van der Waals surface area contributed by atoms with Gasteiger partial charge in [-0.3, -0.25) is 14.4 Å². The van der Waals surface area contributed by atoms with Crippen molar-refractivity contribution in [2.45, 2.75) is 38.3 Å². The number of benzene rings is 3. The van der Waals surface area contributed by atoms with Crippen LogP contribution in [0, 0.1) is 19.8 Å². The van der Waals surface area contributed by atoms with Crippen LogP contribution in [0.1, 0.15) is 39.5 Å². The fraction of sp³-hybridized carbons (Fsp3) is 0.233. The molecule has 5 nitrogen and oxygen atoms in total. The van der Waals surface area contributed by atoms with Gasteiger partial charge in [0.15, 0.2) is 11.6 Å². The monoisotopic (exact) mass is 462 g/mol. The molecule has 5 heteroatoms. The van der Waals surface area contributed by atoms with Gasteiger partial charge in [-0.25, -0.2) is 0 Å². The Balaban J connectivity index is 1.65. The van der Waals surface area contributed by atoms with E-state index >= 15 is 0 Å². The van der Waals surface area contributed by atoms with Gasteiger partial charge in [0.2, 0.25) is 5.91 Å². The molecule has 4 unspecified atom stereocenters. The Morgan fingerprint density at radius 2 is 1.66 bits per heavy atom. The van der Waals surface area contributed by atoms with Crippen molar-refractivity contribution in [2.24, 2.45) is 5.92 Å². The van der Waals surface area contributed by atoms with Gasteiger partial charge < -0.3 is 10.2 Å². The molecule has 4 atom stereocenters. The number of Topliss-reactive ketones (excluding diaryl/α,β-unsaturated/α-hetero) is 2. The van der Waals surface area contributed by atoms with E-state index in [4.69, 9.17) is 0 Å². The quantitative estimate of drug-likeness (QED) is 0.564. The van der Waals surface area contributed by atoms with Gasteiger partial charge in [-0.2, -0.15) is 0 Å². The van der Waals surface area contributed by atoms with E-state index in [0.29, 0.717) is 11.3 Å². The number of para-hydroxylation sites is 1. The molecule has 1 fully saturated rings. The normalized spacial score (nSPS) is 25.7. The maximum absolute atomic E-state index is 14.3. The molecule has 174 valence electrons. The van der Waals surface area contributed by atoms with Crippen LogP contribution in [0.25, 0.3) is 6.08 Å². The number of hydrogen-bond donors (Lipinski definition) is 1. The second-order valence-corrected chi connectivity index (χ2v) is 9.91. The summed E-state index contributed by atoms with van der Waals surface area (Å²) in [5.74, 6) is -1.43. The predicted octanol–water partition coefficient (Wildman–Crippen LogP) is 4.87. The maximum atomic E-state index is 14.3. The molecule has 3 aliphatic heterocycles. The molecule has 1 amide bonds. The largest absolute Gasteiger partial charge is 0.352 e. The molecular weight excluding hydrogens is 436 g/mol. The highest BCUT2D eigenvalue weighted by molar-refractivity contribution is 6.16. The summed E-state index contributed by atoms with van der Waals surface area (Å²) < 4.78 is 0. The molecule has 1 spiro atoms. The molecule has 0 aromatic heterocycles. The molecule has 3 heterocycles. The number of anilines is 2. The Morgan fingerprint density at radius 3 is 2.40 bits per heavy atom. The fourth-order valence-corrected chi connectivity index (χ4v) is 6.35. The molecule has 1 saturated heterocycles. The molecule has 3 aliphatic rings. The summed E-state index contributed by atoms with van der Waals surface area (Å²) in [6.07, 6.45) is 4.03. The van der Waals surface area contributed by atoms with Gasteiger partial charge >= 0.3 is 0 Å². The molecular formula is C30H26N2O3. The summed E-state index contributed by atoms with van der Waals surface area (Å²) in [5, 5.41) is 3.04. The number of fused-ring (bicyclic) bond motifs is 6. The highest BCUT2D eigenvalue weighted by atomic mass is 16.2. The van der Waals surface area contributed by atoms with Gasteiger partial charge in [-0.1, -0.05) is 71.8 Å². The van der Waals surface area contributed by atoms with Crippen LogP contribution in [0.3, 0.4) is 0 Å². The fourth-order valence-electron chi connectivity index (χ4n) is 6.35. The molecule has 0 saturated carbocycles. The zero-order valence-electron chi connectivity index (χ0n) is 19.9. The van der Waals surface area contributed by atoms with Crippen molar-refractivity contribution in [3.8, 4) is 0 Å². The third-order valence-corrected chi connectivity index (χ3v) is 7.82. The van der Waals surface area contributed by atoms with Crippen molar-refractivity contribution in [3.63, 3.8) is 0 Å². The van der Waals surface area contributed by atoms with E-state index in [9.17, 15) is 14.4 Å². The summed E-state index contributed by atoms with van der Waals surface area (Å²) in [5.41, 5.74) is 4.76. The minimum atomic E-state index is -1.23. The van der Waals surface area contributed by atoms with E-state index in [2.05, 4.69) is 11.4 Å². The zero-order chi connectivity index (χ0) is 24.5. The number of rotatable bonds is 3. The Labute approximate surface area is 204 Å². The molecule has 1 N–H and O–H groups in total. The van der Waals surface area contributed by atoms with E-state index in [1.54, 1.807) is 12.1 Å². The second kappa shape index (κ2) is 7.51. The van der Waals surface area contributed by atoms with Crippen molar-refractivity contribution in [2.75, 3.05) is 10.2 Å². The third-order valence-electron chi connectivity index (χ3n) is 7.82. The average molecular weight is 463 g/mol. The minimum absolute atomic E-state index is 0.128. The van der Waals surface area contributed by atoms with E-state index in [1.807, 2.05) is 79.4 Å². The average Bonchev–Trinajstić information content (AvgIpc) is 3.32. The van der Waals surface area contributed by atoms with Crippen LogP contribution < -0.4 is 10.2 Å². The standard InChI is InChI=1S/C30H26N2O3/c1-17-8-11-20(12-9-17)28(34)26-27(19(3)33)32-24-14-10-18(2)16-21(24)13-15-25(32)30(26)22-6-4-5-7-23(22)31-29(30)35/h4-16,25-27H,1-3H3,(H,31,35). The van der Waals surface area contributed by atoms with Crippen LogP contribution in [-0.2, 0) is 15.0 Å². The van der Waals surface area contributed by atoms with Crippen LogP contribution in [-0.4, -0.2) is 29.6 Å². The van der Waals surface area contributed by atoms with Gasteiger partial charge in [0.1, 0.15) is 5.41 Å². The minimum Gasteiger partial charge on any atom is -0.352 e. The summed E-state index contributed by atoms with van der Waals surface area (Å²) in [6.45, 7) is 5.52. The van der Waals surface area contributed by atoms with Crippen LogP contribution in [0.15, 0.2) is 72.8 Å². The van der Waals surface area contributed by atoms with Crippen LogP contribution in [0.4, 0.5) is 11.4 Å². The highest BCUT2D eigenvalue weighted by Crippen LogP contribution is 2.57. The number of hydrogen-bond acceptors (Lipinski definition) is 4. The number of nitrogens with one attached hydrogen (secondary N) is 1. The van der Waals surface area contributed by atoms with Crippen LogP contribution in [0.2, 0.25) is 0 Å². The van der Waals surface area contributed by atoms with Gasteiger partial charge in [0, 0.05) is 16.9 Å². The molecule has 3 aromatic carbocycles. The number of carbonyl (C=O) groups is 3. The lowest BCUT2D eigenvalue weighted by Crippen LogP contribution is -2.51. The van der Waals surface area contributed by atoms with E-state index in [0.717, 1.165) is 27.9 Å². The highest BCUT2D eigenvalue weighted by Gasteiger charge is 2.69. The SMILES string of the molecule is CC(=O)C1C(C(=O)c2ccc(C)cc2)C2(C(=O)Nc3ccccc32)C2C=Cc3cc(C)ccc3N12. The summed E-state index contributed by atoms with van der Waals surface area (Å²) >= 11 is 0. The number of aryl methyl sites for hydroxylation is 2. The first-order chi connectivity index (χ1) is 16.8. The molecule has 3 aromatic rings. The lowest BCUT2D eigenvalue weighted by atomic mass is 9.64. The van der Waals surface area contributed by atoms with Crippen LogP contribution >= 0.6 is 0 Å². The van der Waals surface area contributed by atoms with Gasteiger partial charge in [0.25, 0.3) is 0 Å². The predicted molar refractivity (Wildman–Crippen MR) is 137 cm³/mol. The van der Waals surface area contributed by atoms with E-state index < -0.39 is 23.4 Å². The van der Waals surface area contributed by atoms with Crippen molar-refractivity contribution in [1.29, 1.82) is 0 Å². The summed E-state index contributed by atoms with van der Waals surface area (Å²) in [7, 11) is 0. The topological polar surface area (TPSA) is 66.5 Å². The number of carbonyl (C=O) groups excluding carboxylic acids is 3. The van der Waals surface area contributed by atoms with Gasteiger partial charge in [-0.15, -0.1) is 0 Å². The number of ketones is 2. The van der Waals surface area contributed by atoms with Gasteiger partial charge in [0.05, 0.1) is 18.0 Å². The first-order valence-electron chi connectivity index (χ1n) is 11.9. The third kappa shape index (κ3) is 2.84. The molecule has 0 bridgehead atoms. The first kappa shape index (κ1) is 21.5. The maximum Gasteiger partial charge on any atom is 0.238 e. The lowest BCUT2D eigenvalue weighted by molar-refractivity contribution is -0.122. The van der Waals surface area contributed by atoms with E-state index in [-0.39, 0.29) is 17.5 Å². The summed E-state index contributed by atoms with van der Waals surface area (Å²) in [6, 6.07) is 19.8.